The fraction of sp³-hybridized carbons (Fsp3) is 0.821. The average Bonchev–Trinajstić information content (AvgIpc) is 2.71. The van der Waals surface area contributed by atoms with E-state index < -0.39 is 23.1 Å². The van der Waals surface area contributed by atoms with Crippen LogP contribution in [0.5, 0.6) is 0 Å². The monoisotopic (exact) mass is 442 g/mol. The largest absolute Gasteiger partial charge is 0.481 e. The van der Waals surface area contributed by atoms with Crippen molar-refractivity contribution < 1.29 is 20.1 Å². The first-order valence-corrected chi connectivity index (χ1v) is 12.8. The second-order valence-corrected chi connectivity index (χ2v) is 13.0. The van der Waals surface area contributed by atoms with Crippen molar-refractivity contribution in [1.82, 2.24) is 0 Å². The molecule has 0 aromatic heterocycles. The zero-order valence-corrected chi connectivity index (χ0v) is 20.4. The van der Waals surface area contributed by atoms with Crippen molar-refractivity contribution >= 4 is 5.97 Å². The maximum atomic E-state index is 12.6. The molecule has 4 heteroatoms. The molecule has 0 aliphatic heterocycles. The number of hydrogen-bond acceptors (Lipinski definition) is 3. The van der Waals surface area contributed by atoms with Crippen LogP contribution in [-0.2, 0) is 4.79 Å². The van der Waals surface area contributed by atoms with Gasteiger partial charge in [0.25, 0.3) is 0 Å². The summed E-state index contributed by atoms with van der Waals surface area (Å²) in [5.41, 5.74) is 0.976. The van der Waals surface area contributed by atoms with Gasteiger partial charge in [-0.05, 0) is 99.2 Å². The molecule has 0 spiro atoms. The van der Waals surface area contributed by atoms with Crippen LogP contribution in [-0.4, -0.2) is 33.0 Å². The highest BCUT2D eigenvalue weighted by Crippen LogP contribution is 2.74. The molecule has 0 saturated heterocycles. The molecule has 0 aromatic carbocycles. The van der Waals surface area contributed by atoms with Gasteiger partial charge in [0.15, 0.2) is 0 Å². The predicted octanol–water partition coefficient (Wildman–Crippen LogP) is 5.49. The van der Waals surface area contributed by atoms with Crippen molar-refractivity contribution in [2.45, 2.75) is 104 Å². The summed E-state index contributed by atoms with van der Waals surface area (Å²) in [4.78, 5) is 12.6. The van der Waals surface area contributed by atoms with Crippen LogP contribution in [0.25, 0.3) is 0 Å². The van der Waals surface area contributed by atoms with E-state index in [2.05, 4.69) is 33.4 Å². The summed E-state index contributed by atoms with van der Waals surface area (Å²) in [7, 11) is 0. The van der Waals surface area contributed by atoms with Crippen LogP contribution in [0, 0.1) is 39.4 Å². The summed E-state index contributed by atoms with van der Waals surface area (Å²) < 4.78 is 0. The van der Waals surface area contributed by atoms with E-state index in [0.717, 1.165) is 57.8 Å². The standard InChI is InChI=1S/C28H42O4/c1-17-8-13-28(23(30)31)15-14-25(3)18(19(28)16-17)6-7-20-24(2)11-10-22(29)27(5,32)21(24)9-12-26(20,25)4/h6,19-22,29,32H,1,7-16H2,2-5H3,(H,30,31)/t19-,20+,21+,22-,24+,25+,26+,27+,28-/m0/s1. The number of aliphatic carboxylic acids is 1. The number of carboxylic acids is 1. The van der Waals surface area contributed by atoms with Crippen molar-refractivity contribution in [3.63, 3.8) is 0 Å². The molecular weight excluding hydrogens is 400 g/mol. The fourth-order valence-electron chi connectivity index (χ4n) is 9.85. The van der Waals surface area contributed by atoms with Crippen molar-refractivity contribution in [2.75, 3.05) is 0 Å². The number of carboxylic acid groups (broad SMARTS) is 1. The van der Waals surface area contributed by atoms with Crippen LogP contribution in [0.3, 0.4) is 0 Å². The zero-order valence-electron chi connectivity index (χ0n) is 20.4. The second-order valence-electron chi connectivity index (χ2n) is 13.0. The van der Waals surface area contributed by atoms with Crippen molar-refractivity contribution in [3.05, 3.63) is 23.8 Å². The Morgan fingerprint density at radius 2 is 1.75 bits per heavy atom. The third kappa shape index (κ3) is 2.54. The van der Waals surface area contributed by atoms with E-state index in [0.29, 0.717) is 12.3 Å². The van der Waals surface area contributed by atoms with Gasteiger partial charge in [0.2, 0.25) is 0 Å². The molecule has 3 N–H and O–H groups in total. The number of aliphatic hydroxyl groups excluding tert-OH is 1. The fourth-order valence-corrected chi connectivity index (χ4v) is 9.85. The third-order valence-corrected chi connectivity index (χ3v) is 12.1. The topological polar surface area (TPSA) is 77.8 Å². The maximum Gasteiger partial charge on any atom is 0.310 e. The number of hydrogen-bond donors (Lipinski definition) is 3. The second kappa shape index (κ2) is 6.72. The highest BCUT2D eigenvalue weighted by Gasteiger charge is 2.69. The molecule has 5 aliphatic carbocycles. The minimum absolute atomic E-state index is 0.0156. The van der Waals surface area contributed by atoms with Crippen LogP contribution in [0.4, 0.5) is 0 Å². The van der Waals surface area contributed by atoms with Gasteiger partial charge in [-0.25, -0.2) is 0 Å². The number of rotatable bonds is 1. The van der Waals surface area contributed by atoms with Crippen LogP contribution in [0.2, 0.25) is 0 Å². The minimum atomic E-state index is -1.04. The Labute approximate surface area is 193 Å². The molecule has 4 fully saturated rings. The lowest BCUT2D eigenvalue weighted by atomic mass is 9.34. The van der Waals surface area contributed by atoms with Crippen LogP contribution in [0.1, 0.15) is 91.9 Å². The van der Waals surface area contributed by atoms with E-state index in [4.69, 9.17) is 0 Å². The SMILES string of the molecule is C=C1CC[C@]2(C(=O)O)CC[C@]3(C)C(=CC[C@@H]4[C@@]5(C)CC[C@H](O)[C@](C)(O)[C@@H]5CC[C@]43C)[C@@H]2C1. The van der Waals surface area contributed by atoms with Gasteiger partial charge in [0.05, 0.1) is 17.1 Å². The van der Waals surface area contributed by atoms with Crippen molar-refractivity contribution in [2.24, 2.45) is 39.4 Å². The summed E-state index contributed by atoms with van der Waals surface area (Å²) >= 11 is 0. The van der Waals surface area contributed by atoms with E-state index in [9.17, 15) is 20.1 Å². The Kier molecular flexibility index (Phi) is 4.76. The number of fused-ring (bicyclic) bond motifs is 7. The molecule has 4 saturated carbocycles. The molecule has 178 valence electrons. The molecule has 0 aromatic rings. The van der Waals surface area contributed by atoms with Gasteiger partial charge in [-0.2, -0.15) is 0 Å². The zero-order chi connectivity index (χ0) is 23.3. The molecular formula is C28H42O4. The molecule has 32 heavy (non-hydrogen) atoms. The van der Waals surface area contributed by atoms with E-state index in [1.165, 1.54) is 11.1 Å². The van der Waals surface area contributed by atoms with Gasteiger partial charge in [0.1, 0.15) is 0 Å². The Morgan fingerprint density at radius 3 is 2.44 bits per heavy atom. The third-order valence-electron chi connectivity index (χ3n) is 12.1. The highest BCUT2D eigenvalue weighted by molar-refractivity contribution is 5.77. The summed E-state index contributed by atoms with van der Waals surface area (Å²) in [5.74, 6) is -0.00469. The van der Waals surface area contributed by atoms with E-state index in [-0.39, 0.29) is 28.1 Å². The summed E-state index contributed by atoms with van der Waals surface area (Å²) in [6.07, 6.45) is 10.4. The lowest BCUT2D eigenvalue weighted by Crippen LogP contribution is -2.66. The first-order valence-electron chi connectivity index (χ1n) is 12.8. The number of aliphatic hydroxyl groups is 2. The molecule has 0 bridgehead atoms. The van der Waals surface area contributed by atoms with Gasteiger partial charge in [0, 0.05) is 5.92 Å². The van der Waals surface area contributed by atoms with Crippen LogP contribution in [0.15, 0.2) is 23.8 Å². The minimum Gasteiger partial charge on any atom is -0.481 e. The van der Waals surface area contributed by atoms with E-state index in [1.807, 2.05) is 6.92 Å². The lowest BCUT2D eigenvalue weighted by Gasteiger charge is -2.70. The smallest absolute Gasteiger partial charge is 0.310 e. The molecule has 0 radical (unpaired) electrons. The average molecular weight is 443 g/mol. The van der Waals surface area contributed by atoms with Crippen molar-refractivity contribution in [1.29, 1.82) is 0 Å². The molecule has 0 heterocycles. The van der Waals surface area contributed by atoms with Crippen molar-refractivity contribution in [3.8, 4) is 0 Å². The van der Waals surface area contributed by atoms with Gasteiger partial charge in [-0.1, -0.05) is 44.6 Å². The highest BCUT2D eigenvalue weighted by atomic mass is 16.4. The maximum absolute atomic E-state index is 12.6. The van der Waals surface area contributed by atoms with Crippen LogP contribution >= 0.6 is 0 Å². The summed E-state index contributed by atoms with van der Waals surface area (Å²) in [6, 6.07) is 0. The predicted molar refractivity (Wildman–Crippen MR) is 125 cm³/mol. The Hall–Kier alpha value is -1.13. The number of allylic oxidation sites excluding steroid dienone is 3. The van der Waals surface area contributed by atoms with Gasteiger partial charge < -0.3 is 15.3 Å². The van der Waals surface area contributed by atoms with E-state index >= 15 is 0 Å². The molecule has 5 rings (SSSR count). The summed E-state index contributed by atoms with van der Waals surface area (Å²) in [5, 5.41) is 32.3. The quantitative estimate of drug-likeness (QED) is 0.469. The summed E-state index contributed by atoms with van der Waals surface area (Å²) in [6.45, 7) is 13.4. The normalized spacial score (nSPS) is 55.1. The van der Waals surface area contributed by atoms with Gasteiger partial charge in [-0.3, -0.25) is 4.79 Å². The Morgan fingerprint density at radius 1 is 1.03 bits per heavy atom. The van der Waals surface area contributed by atoms with Gasteiger partial charge in [-0.15, -0.1) is 0 Å². The molecule has 4 nitrogen and oxygen atoms in total. The lowest BCUT2D eigenvalue weighted by molar-refractivity contribution is -0.233. The Balaban J connectivity index is 1.60. The Bertz CT molecular complexity index is 888. The van der Waals surface area contributed by atoms with Gasteiger partial charge >= 0.3 is 5.97 Å². The molecule has 0 unspecified atom stereocenters. The number of carbonyl (C=O) groups is 1. The molecule has 9 atom stereocenters. The first-order chi connectivity index (χ1) is 14.8. The molecule has 5 aliphatic rings. The molecule has 0 amide bonds. The van der Waals surface area contributed by atoms with E-state index in [1.54, 1.807) is 0 Å². The van der Waals surface area contributed by atoms with Crippen LogP contribution < -0.4 is 0 Å². The first kappa shape index (κ1) is 22.7.